The van der Waals surface area contributed by atoms with E-state index in [1.807, 2.05) is 13.8 Å². The van der Waals surface area contributed by atoms with Crippen LogP contribution in [0.1, 0.15) is 41.0 Å². The van der Waals surface area contributed by atoms with E-state index in [9.17, 15) is 30.0 Å². The van der Waals surface area contributed by atoms with Crippen LogP contribution in [-0.2, 0) is 14.3 Å². The number of rotatable bonds is 2. The molecule has 2 saturated carbocycles. The number of hydrogen-bond donors (Lipinski definition) is 4. The molecule has 2 fully saturated rings. The molecule has 0 amide bonds. The van der Waals surface area contributed by atoms with Crippen LogP contribution in [0.25, 0.3) is 0 Å². The van der Waals surface area contributed by atoms with Gasteiger partial charge in [-0.15, -0.1) is 0 Å². The van der Waals surface area contributed by atoms with E-state index in [0.29, 0.717) is 11.1 Å². The van der Waals surface area contributed by atoms with Gasteiger partial charge in [0, 0.05) is 42.4 Å². The number of ether oxygens (including phenoxy) is 1. The van der Waals surface area contributed by atoms with Gasteiger partial charge in [-0.05, 0) is 18.1 Å². The van der Waals surface area contributed by atoms with E-state index in [4.69, 9.17) is 4.74 Å². The third-order valence-electron chi connectivity index (χ3n) is 8.30. The number of esters is 1. The summed E-state index contributed by atoms with van der Waals surface area (Å²) in [6, 6.07) is 0. The number of Topliss-reactive ketones (excluding diaryl/α,β-unsaturated/α-hetero) is 1. The Bertz CT molecular complexity index is 857. The fraction of sp³-hybridized carbons (Fsp3) is 0.727. The first-order valence-corrected chi connectivity index (χ1v) is 10.2. The molecule has 7 nitrogen and oxygen atoms in total. The van der Waals surface area contributed by atoms with Crippen LogP contribution in [-0.4, -0.2) is 61.7 Å². The van der Waals surface area contributed by atoms with Crippen molar-refractivity contribution < 1.29 is 34.8 Å². The maximum atomic E-state index is 12.9. The van der Waals surface area contributed by atoms with E-state index in [1.54, 1.807) is 26.0 Å². The zero-order valence-electron chi connectivity index (χ0n) is 17.5. The average Bonchev–Trinajstić information content (AvgIpc) is 3.02. The topological polar surface area (TPSA) is 124 Å². The zero-order valence-corrected chi connectivity index (χ0v) is 17.5. The molecule has 29 heavy (non-hydrogen) atoms. The third-order valence-corrected chi connectivity index (χ3v) is 8.30. The van der Waals surface area contributed by atoms with Gasteiger partial charge < -0.3 is 25.2 Å². The molecule has 0 spiro atoms. The summed E-state index contributed by atoms with van der Waals surface area (Å²) in [5.41, 5.74) is -4.74. The summed E-state index contributed by atoms with van der Waals surface area (Å²) in [5.74, 6) is -3.83. The van der Waals surface area contributed by atoms with Gasteiger partial charge in [-0.2, -0.15) is 0 Å². The number of carbonyl (C=O) groups excluding carboxylic acids is 2. The van der Waals surface area contributed by atoms with Crippen molar-refractivity contribution >= 4 is 11.8 Å². The van der Waals surface area contributed by atoms with E-state index < -0.39 is 63.7 Å². The van der Waals surface area contributed by atoms with Crippen LogP contribution in [0.5, 0.6) is 0 Å². The molecule has 0 heterocycles. The molecule has 4 aliphatic rings. The van der Waals surface area contributed by atoms with Crippen molar-refractivity contribution in [3.05, 3.63) is 23.3 Å². The largest absolute Gasteiger partial charge is 0.459 e. The Morgan fingerprint density at radius 3 is 2.41 bits per heavy atom. The summed E-state index contributed by atoms with van der Waals surface area (Å²) in [7, 11) is 0. The normalized spacial score (nSPS) is 49.8. The summed E-state index contributed by atoms with van der Waals surface area (Å²) in [4.78, 5) is 24.7. The number of aliphatic hydroxyl groups excluding tert-OH is 1. The highest BCUT2D eigenvalue weighted by molar-refractivity contribution is 6.04. The standard InChI is InChI=1S/C22H30O7/c1-10-6-15-20(26,17(10)25)8-13(9-23)7-14-16-19(4,5)22(16,28)18(29-12(3)24)11(2)21(14,15)27/h6-7,11,14-16,18,23,26-28H,8-9H2,1-5H3/t11-,14+,15?,16?,18-,20-,21-,22-/m1/s1. The molecule has 0 aromatic rings. The Morgan fingerprint density at radius 2 is 1.86 bits per heavy atom. The lowest BCUT2D eigenvalue weighted by Gasteiger charge is -2.52. The number of fused-ring (bicyclic) bond motifs is 5. The Hall–Kier alpha value is -1.54. The van der Waals surface area contributed by atoms with Crippen LogP contribution in [0.4, 0.5) is 0 Å². The monoisotopic (exact) mass is 406 g/mol. The second kappa shape index (κ2) is 5.78. The third kappa shape index (κ3) is 2.22. The van der Waals surface area contributed by atoms with Gasteiger partial charge in [0.05, 0.1) is 12.2 Å². The smallest absolute Gasteiger partial charge is 0.303 e. The number of carbonyl (C=O) groups is 2. The molecule has 0 bridgehead atoms. The highest BCUT2D eigenvalue weighted by Crippen LogP contribution is 2.75. The van der Waals surface area contributed by atoms with Crippen molar-refractivity contribution in [3.63, 3.8) is 0 Å². The minimum absolute atomic E-state index is 0.0871. The Balaban J connectivity index is 1.95. The second-order valence-electron chi connectivity index (χ2n) is 10.00. The predicted octanol–water partition coefficient (Wildman–Crippen LogP) is 0.501. The van der Waals surface area contributed by atoms with Crippen LogP contribution in [0.2, 0.25) is 0 Å². The lowest BCUT2D eigenvalue weighted by molar-refractivity contribution is -0.220. The van der Waals surface area contributed by atoms with Gasteiger partial charge in [0.2, 0.25) is 0 Å². The van der Waals surface area contributed by atoms with Gasteiger partial charge in [-0.1, -0.05) is 32.9 Å². The first-order valence-electron chi connectivity index (χ1n) is 10.2. The molecule has 2 unspecified atom stereocenters. The van der Waals surface area contributed by atoms with E-state index >= 15 is 0 Å². The minimum atomic E-state index is -1.88. The second-order valence-corrected chi connectivity index (χ2v) is 10.00. The maximum Gasteiger partial charge on any atom is 0.303 e. The van der Waals surface area contributed by atoms with Crippen LogP contribution in [0.3, 0.4) is 0 Å². The summed E-state index contributed by atoms with van der Waals surface area (Å²) in [5, 5.41) is 45.0. The van der Waals surface area contributed by atoms with E-state index in [-0.39, 0.29) is 13.0 Å². The van der Waals surface area contributed by atoms with Gasteiger partial charge >= 0.3 is 5.97 Å². The molecule has 8 atom stereocenters. The number of hydrogen-bond acceptors (Lipinski definition) is 7. The minimum Gasteiger partial charge on any atom is -0.459 e. The molecular formula is C22H30O7. The summed E-state index contributed by atoms with van der Waals surface area (Å²) in [6.07, 6.45) is 2.25. The fourth-order valence-electron chi connectivity index (χ4n) is 6.79. The number of aliphatic hydroxyl groups is 4. The quantitative estimate of drug-likeness (QED) is 0.389. The highest BCUT2D eigenvalue weighted by Gasteiger charge is 2.85. The Morgan fingerprint density at radius 1 is 1.24 bits per heavy atom. The van der Waals surface area contributed by atoms with Crippen molar-refractivity contribution in [1.82, 2.24) is 0 Å². The van der Waals surface area contributed by atoms with Gasteiger partial charge in [-0.3, -0.25) is 9.59 Å². The van der Waals surface area contributed by atoms with E-state index in [1.165, 1.54) is 6.92 Å². The summed E-state index contributed by atoms with van der Waals surface area (Å²) >= 11 is 0. The van der Waals surface area contributed by atoms with Crippen molar-refractivity contribution in [1.29, 1.82) is 0 Å². The van der Waals surface area contributed by atoms with Crippen LogP contribution in [0.15, 0.2) is 23.3 Å². The summed E-state index contributed by atoms with van der Waals surface area (Å²) < 4.78 is 5.53. The molecular weight excluding hydrogens is 376 g/mol. The van der Waals surface area contributed by atoms with Crippen molar-refractivity contribution in [3.8, 4) is 0 Å². The lowest BCUT2D eigenvalue weighted by Crippen LogP contribution is -2.65. The van der Waals surface area contributed by atoms with Crippen molar-refractivity contribution in [2.24, 2.45) is 29.1 Å². The van der Waals surface area contributed by atoms with Gasteiger partial charge in [0.15, 0.2) is 5.78 Å². The zero-order chi connectivity index (χ0) is 21.7. The molecule has 4 aliphatic carbocycles. The molecule has 4 N–H and O–H groups in total. The van der Waals surface area contributed by atoms with Crippen molar-refractivity contribution in [2.45, 2.75) is 63.9 Å². The Kier molecular flexibility index (Phi) is 4.13. The predicted molar refractivity (Wildman–Crippen MR) is 102 cm³/mol. The van der Waals surface area contributed by atoms with Gasteiger partial charge in [-0.25, -0.2) is 0 Å². The van der Waals surface area contributed by atoms with Crippen LogP contribution < -0.4 is 0 Å². The highest BCUT2D eigenvalue weighted by atomic mass is 16.6. The first kappa shape index (κ1) is 20.7. The average molecular weight is 406 g/mol. The van der Waals surface area contributed by atoms with Crippen LogP contribution in [0, 0.1) is 29.1 Å². The van der Waals surface area contributed by atoms with Crippen LogP contribution >= 0.6 is 0 Å². The van der Waals surface area contributed by atoms with E-state index in [2.05, 4.69) is 0 Å². The van der Waals surface area contributed by atoms with E-state index in [0.717, 1.165) is 0 Å². The Labute approximate surface area is 170 Å². The molecule has 0 saturated heterocycles. The molecule has 0 radical (unpaired) electrons. The molecule has 7 heteroatoms. The lowest BCUT2D eigenvalue weighted by atomic mass is 9.59. The van der Waals surface area contributed by atoms with Gasteiger partial charge in [0.25, 0.3) is 0 Å². The number of ketones is 1. The first-order chi connectivity index (χ1) is 13.3. The molecule has 160 valence electrons. The van der Waals surface area contributed by atoms with Crippen molar-refractivity contribution in [2.75, 3.05) is 6.61 Å². The molecule has 4 rings (SSSR count). The van der Waals surface area contributed by atoms with Gasteiger partial charge in [0.1, 0.15) is 17.3 Å². The maximum absolute atomic E-state index is 12.9. The summed E-state index contributed by atoms with van der Waals surface area (Å²) in [6.45, 7) is 7.90. The SMILES string of the molecule is CC(=O)O[C@@H]1[C@@H](C)[C@]2(O)C3C=C(C)C(=O)[C@@]3(O)CC(CO)=C[C@H]2C2C(C)(C)[C@@]21O. The fourth-order valence-corrected chi connectivity index (χ4v) is 6.79. The molecule has 0 aromatic carbocycles. The molecule has 0 aliphatic heterocycles. The molecule has 0 aromatic heterocycles.